The molecule has 6 heteroatoms. The van der Waals surface area contributed by atoms with E-state index in [0.29, 0.717) is 12.3 Å². The van der Waals surface area contributed by atoms with Crippen LogP contribution in [0.25, 0.3) is 20.8 Å². The molecule has 1 aromatic carbocycles. The molecule has 0 unspecified atom stereocenters. The van der Waals surface area contributed by atoms with E-state index in [1.807, 2.05) is 23.7 Å². The van der Waals surface area contributed by atoms with Gasteiger partial charge in [-0.1, -0.05) is 6.07 Å². The fraction of sp³-hybridized carbons (Fsp3) is 0.154. The van der Waals surface area contributed by atoms with Gasteiger partial charge in [0, 0.05) is 10.9 Å². The minimum absolute atomic E-state index is 0.358. The number of ether oxygens (including phenoxy) is 1. The van der Waals surface area contributed by atoms with Crippen molar-refractivity contribution in [1.82, 2.24) is 9.97 Å². The Labute approximate surface area is 117 Å². The lowest BCUT2D eigenvalue weighted by molar-refractivity contribution is 0.0520. The van der Waals surface area contributed by atoms with Crippen molar-refractivity contribution in [2.24, 2.45) is 0 Å². The molecule has 19 heavy (non-hydrogen) atoms. The number of thiazole rings is 2. The van der Waals surface area contributed by atoms with E-state index in [2.05, 4.69) is 9.97 Å². The first-order chi connectivity index (χ1) is 9.28. The maximum Gasteiger partial charge on any atom is 0.357 e. The Morgan fingerprint density at radius 1 is 1.37 bits per heavy atom. The molecule has 2 aromatic heterocycles. The Bertz CT molecular complexity index is 733. The first-order valence-corrected chi connectivity index (χ1v) is 7.50. The van der Waals surface area contributed by atoms with Crippen LogP contribution in [-0.4, -0.2) is 22.5 Å². The lowest BCUT2D eigenvalue weighted by atomic mass is 10.2. The van der Waals surface area contributed by atoms with Gasteiger partial charge in [0.05, 0.1) is 22.3 Å². The number of fused-ring (bicyclic) bond motifs is 1. The highest BCUT2D eigenvalue weighted by atomic mass is 32.1. The van der Waals surface area contributed by atoms with Crippen LogP contribution in [0.1, 0.15) is 17.4 Å². The van der Waals surface area contributed by atoms with E-state index < -0.39 is 0 Å². The lowest BCUT2D eigenvalue weighted by Crippen LogP contribution is -2.04. The number of carbonyl (C=O) groups excluding carboxylic acids is 1. The summed E-state index contributed by atoms with van der Waals surface area (Å²) in [6.45, 7) is 2.14. The SMILES string of the molecule is CCOC(=O)c1csc(-c2ccc3scnc3c2)n1. The minimum atomic E-state index is -0.375. The molecular weight excluding hydrogens is 280 g/mol. The molecule has 0 fully saturated rings. The second-order valence-electron chi connectivity index (χ2n) is 3.79. The van der Waals surface area contributed by atoms with Gasteiger partial charge in [-0.25, -0.2) is 14.8 Å². The molecule has 0 amide bonds. The molecule has 96 valence electrons. The topological polar surface area (TPSA) is 52.1 Å². The molecule has 0 spiro atoms. The van der Waals surface area contributed by atoms with Gasteiger partial charge in [0.15, 0.2) is 5.69 Å². The van der Waals surface area contributed by atoms with E-state index >= 15 is 0 Å². The van der Waals surface area contributed by atoms with Crippen LogP contribution in [0.3, 0.4) is 0 Å². The van der Waals surface area contributed by atoms with Crippen molar-refractivity contribution < 1.29 is 9.53 Å². The summed E-state index contributed by atoms with van der Waals surface area (Å²) in [6.07, 6.45) is 0. The van der Waals surface area contributed by atoms with Crippen LogP contribution in [0.2, 0.25) is 0 Å². The zero-order valence-electron chi connectivity index (χ0n) is 10.1. The molecule has 0 N–H and O–H groups in total. The fourth-order valence-corrected chi connectivity index (χ4v) is 3.14. The highest BCUT2D eigenvalue weighted by molar-refractivity contribution is 7.16. The lowest BCUT2D eigenvalue weighted by Gasteiger charge is -1.97. The molecule has 3 rings (SSSR count). The van der Waals surface area contributed by atoms with Crippen molar-refractivity contribution in [2.45, 2.75) is 6.92 Å². The molecule has 0 aliphatic heterocycles. The second-order valence-corrected chi connectivity index (χ2v) is 5.54. The van der Waals surface area contributed by atoms with Crippen LogP contribution in [0.15, 0.2) is 29.1 Å². The highest BCUT2D eigenvalue weighted by Gasteiger charge is 2.13. The Kier molecular flexibility index (Phi) is 3.27. The Morgan fingerprint density at radius 2 is 2.26 bits per heavy atom. The quantitative estimate of drug-likeness (QED) is 0.692. The normalized spacial score (nSPS) is 10.8. The van der Waals surface area contributed by atoms with E-state index in [1.54, 1.807) is 23.6 Å². The van der Waals surface area contributed by atoms with Crippen molar-refractivity contribution in [3.63, 3.8) is 0 Å². The number of nitrogens with zero attached hydrogens (tertiary/aromatic N) is 2. The standard InChI is InChI=1S/C13H10N2O2S2/c1-2-17-13(16)10-6-18-12(15-10)8-3-4-11-9(5-8)14-7-19-11/h3-7H,2H2,1H3. The first-order valence-electron chi connectivity index (χ1n) is 5.74. The van der Waals surface area contributed by atoms with Crippen LogP contribution in [0, 0.1) is 0 Å². The summed E-state index contributed by atoms with van der Waals surface area (Å²) in [6, 6.07) is 6.00. The number of rotatable bonds is 3. The summed E-state index contributed by atoms with van der Waals surface area (Å²) in [5, 5.41) is 2.52. The van der Waals surface area contributed by atoms with Gasteiger partial charge in [-0.3, -0.25) is 0 Å². The summed E-state index contributed by atoms with van der Waals surface area (Å²) >= 11 is 3.04. The molecule has 0 radical (unpaired) electrons. The smallest absolute Gasteiger partial charge is 0.357 e. The summed E-state index contributed by atoms with van der Waals surface area (Å²) < 4.78 is 6.07. The first kappa shape index (κ1) is 12.3. The Hall–Kier alpha value is -1.79. The van der Waals surface area contributed by atoms with Gasteiger partial charge in [-0.15, -0.1) is 22.7 Å². The Balaban J connectivity index is 1.95. The number of aromatic nitrogens is 2. The molecular formula is C13H10N2O2S2. The van der Waals surface area contributed by atoms with Gasteiger partial charge in [0.2, 0.25) is 0 Å². The van der Waals surface area contributed by atoms with Gasteiger partial charge >= 0.3 is 5.97 Å². The van der Waals surface area contributed by atoms with Gasteiger partial charge in [0.1, 0.15) is 5.01 Å². The van der Waals surface area contributed by atoms with Gasteiger partial charge < -0.3 is 4.74 Å². The molecule has 3 aromatic rings. The maximum absolute atomic E-state index is 11.6. The number of hydrogen-bond acceptors (Lipinski definition) is 6. The number of hydrogen-bond donors (Lipinski definition) is 0. The molecule has 0 saturated heterocycles. The molecule has 4 nitrogen and oxygen atoms in total. The molecule has 0 aliphatic carbocycles. The van der Waals surface area contributed by atoms with Gasteiger partial charge in [-0.2, -0.15) is 0 Å². The highest BCUT2D eigenvalue weighted by Crippen LogP contribution is 2.28. The van der Waals surface area contributed by atoms with Crippen LogP contribution in [-0.2, 0) is 4.74 Å². The summed E-state index contributed by atoms with van der Waals surface area (Å²) in [5.41, 5.74) is 4.11. The largest absolute Gasteiger partial charge is 0.461 e. The summed E-state index contributed by atoms with van der Waals surface area (Å²) in [7, 11) is 0. The van der Waals surface area contributed by atoms with Crippen molar-refractivity contribution in [3.8, 4) is 10.6 Å². The van der Waals surface area contributed by atoms with Crippen molar-refractivity contribution in [2.75, 3.05) is 6.61 Å². The third-order valence-electron chi connectivity index (χ3n) is 2.57. The second kappa shape index (κ2) is 5.07. The predicted octanol–water partition coefficient (Wildman–Crippen LogP) is 3.60. The predicted molar refractivity (Wildman–Crippen MR) is 76.7 cm³/mol. The van der Waals surface area contributed by atoms with E-state index in [9.17, 15) is 4.79 Å². The van der Waals surface area contributed by atoms with E-state index in [1.165, 1.54) is 11.3 Å². The summed E-state index contributed by atoms with van der Waals surface area (Å²) in [5.74, 6) is -0.375. The monoisotopic (exact) mass is 290 g/mol. The molecule has 0 atom stereocenters. The van der Waals surface area contributed by atoms with Gasteiger partial charge in [-0.05, 0) is 19.1 Å². The number of esters is 1. The fourth-order valence-electron chi connectivity index (χ4n) is 1.70. The number of carbonyl (C=O) groups is 1. The van der Waals surface area contributed by atoms with E-state index in [0.717, 1.165) is 20.8 Å². The summed E-state index contributed by atoms with van der Waals surface area (Å²) in [4.78, 5) is 20.2. The molecule has 0 aliphatic rings. The Morgan fingerprint density at radius 3 is 3.11 bits per heavy atom. The van der Waals surface area contributed by atoms with Crippen LogP contribution < -0.4 is 0 Å². The van der Waals surface area contributed by atoms with Gasteiger partial charge in [0.25, 0.3) is 0 Å². The van der Waals surface area contributed by atoms with Crippen molar-refractivity contribution in [1.29, 1.82) is 0 Å². The van der Waals surface area contributed by atoms with E-state index in [4.69, 9.17) is 4.74 Å². The van der Waals surface area contributed by atoms with Crippen molar-refractivity contribution in [3.05, 3.63) is 34.8 Å². The van der Waals surface area contributed by atoms with Crippen LogP contribution in [0.4, 0.5) is 0 Å². The molecule has 2 heterocycles. The zero-order chi connectivity index (χ0) is 13.2. The maximum atomic E-state index is 11.6. The van der Waals surface area contributed by atoms with Crippen molar-refractivity contribution >= 4 is 38.9 Å². The van der Waals surface area contributed by atoms with Crippen LogP contribution in [0.5, 0.6) is 0 Å². The average molecular weight is 290 g/mol. The molecule has 0 saturated carbocycles. The zero-order valence-corrected chi connectivity index (χ0v) is 11.8. The third-order valence-corrected chi connectivity index (χ3v) is 4.27. The average Bonchev–Trinajstić information content (AvgIpc) is 3.07. The third kappa shape index (κ3) is 2.36. The molecule has 0 bridgehead atoms. The minimum Gasteiger partial charge on any atom is -0.461 e. The number of benzene rings is 1. The van der Waals surface area contributed by atoms with Crippen LogP contribution >= 0.6 is 22.7 Å². The van der Waals surface area contributed by atoms with E-state index in [-0.39, 0.29) is 5.97 Å².